The lowest BCUT2D eigenvalue weighted by Crippen LogP contribution is -2.11. The molecule has 0 saturated heterocycles. The molecule has 0 aliphatic carbocycles. The minimum absolute atomic E-state index is 0.0170. The molecule has 0 unspecified atom stereocenters. The molecule has 4 nitrogen and oxygen atoms in total. The maximum Gasteiger partial charge on any atom is 0.167 e. The number of nitrogens with one attached hydrogen (secondary N) is 1. The van der Waals surface area contributed by atoms with E-state index >= 15 is 0 Å². The van der Waals surface area contributed by atoms with Gasteiger partial charge in [0.25, 0.3) is 0 Å². The largest absolute Gasteiger partial charge is 0.490 e. The molecule has 3 N–H and O–H groups in total. The number of nitrogens with two attached hydrogens (primary N) is 1. The zero-order valence-electron chi connectivity index (χ0n) is 11.1. The van der Waals surface area contributed by atoms with Gasteiger partial charge in [-0.15, -0.1) is 0 Å². The number of hydrogen-bond donors (Lipinski definition) is 2. The summed E-state index contributed by atoms with van der Waals surface area (Å²) in [6.45, 7) is 0.327. The first-order valence-electron chi connectivity index (χ1n) is 6.21. The van der Waals surface area contributed by atoms with Gasteiger partial charge in [-0.05, 0) is 36.4 Å². The summed E-state index contributed by atoms with van der Waals surface area (Å²) < 4.78 is 36.5. The summed E-state index contributed by atoms with van der Waals surface area (Å²) in [6, 6.07) is 9.80. The second-order valence-electron chi connectivity index (χ2n) is 4.21. The highest BCUT2D eigenvalue weighted by molar-refractivity contribution is 5.94. The molecule has 0 bridgehead atoms. The Morgan fingerprint density at radius 3 is 2.29 bits per heavy atom. The van der Waals surface area contributed by atoms with Crippen molar-refractivity contribution in [1.29, 1.82) is 5.41 Å². The Labute approximate surface area is 120 Å². The van der Waals surface area contributed by atoms with Crippen molar-refractivity contribution in [2.45, 2.75) is 0 Å². The van der Waals surface area contributed by atoms with E-state index in [1.807, 2.05) is 0 Å². The fraction of sp³-hybridized carbons (Fsp3) is 0.133. The predicted octanol–water partition coefficient (Wildman–Crippen LogP) is 2.71. The molecule has 21 heavy (non-hydrogen) atoms. The van der Waals surface area contributed by atoms with Gasteiger partial charge in [-0.2, -0.15) is 0 Å². The van der Waals surface area contributed by atoms with Crippen LogP contribution in [-0.4, -0.2) is 19.0 Å². The van der Waals surface area contributed by atoms with Crippen molar-refractivity contribution in [3.05, 3.63) is 59.7 Å². The predicted molar refractivity (Wildman–Crippen MR) is 74.8 cm³/mol. The Morgan fingerprint density at radius 2 is 1.67 bits per heavy atom. The molecule has 2 aromatic carbocycles. The van der Waals surface area contributed by atoms with Gasteiger partial charge < -0.3 is 15.2 Å². The van der Waals surface area contributed by atoms with E-state index in [4.69, 9.17) is 20.6 Å². The molecule has 0 saturated carbocycles. The monoisotopic (exact) mass is 292 g/mol. The fourth-order valence-corrected chi connectivity index (χ4v) is 1.63. The normalized spacial score (nSPS) is 10.2. The molecule has 0 radical (unpaired) electrons. The summed E-state index contributed by atoms with van der Waals surface area (Å²) >= 11 is 0. The van der Waals surface area contributed by atoms with Gasteiger partial charge in [-0.1, -0.05) is 0 Å². The van der Waals surface area contributed by atoms with Gasteiger partial charge in [-0.3, -0.25) is 5.41 Å². The number of benzene rings is 2. The molecule has 2 rings (SSSR count). The number of ether oxygens (including phenoxy) is 2. The van der Waals surface area contributed by atoms with Crippen LogP contribution in [0.15, 0.2) is 42.5 Å². The zero-order chi connectivity index (χ0) is 15.2. The summed E-state index contributed by atoms with van der Waals surface area (Å²) in [6.07, 6.45) is 0. The first-order chi connectivity index (χ1) is 10.1. The van der Waals surface area contributed by atoms with E-state index in [0.29, 0.717) is 11.3 Å². The highest BCUT2D eigenvalue weighted by Gasteiger charge is 2.04. The number of halogens is 2. The number of rotatable bonds is 6. The maximum atomic E-state index is 13.3. The van der Waals surface area contributed by atoms with Gasteiger partial charge in [0.2, 0.25) is 0 Å². The van der Waals surface area contributed by atoms with Crippen LogP contribution in [0.1, 0.15) is 5.56 Å². The summed E-state index contributed by atoms with van der Waals surface area (Å²) in [7, 11) is 0. The van der Waals surface area contributed by atoms with Crippen LogP contribution in [0.2, 0.25) is 0 Å². The third-order valence-corrected chi connectivity index (χ3v) is 2.67. The highest BCUT2D eigenvalue weighted by atomic mass is 19.1. The van der Waals surface area contributed by atoms with Crippen molar-refractivity contribution in [2.24, 2.45) is 5.73 Å². The quantitative estimate of drug-likeness (QED) is 0.488. The van der Waals surface area contributed by atoms with Crippen molar-refractivity contribution in [2.75, 3.05) is 13.2 Å². The van der Waals surface area contributed by atoms with Crippen LogP contribution in [0.25, 0.3) is 0 Å². The van der Waals surface area contributed by atoms with Gasteiger partial charge in [0.1, 0.15) is 30.6 Å². The molecule has 6 heteroatoms. The molecule has 0 aromatic heterocycles. The van der Waals surface area contributed by atoms with E-state index in [0.717, 1.165) is 12.1 Å². The summed E-state index contributed by atoms with van der Waals surface area (Å²) in [4.78, 5) is 0. The molecule has 0 spiro atoms. The maximum absolute atomic E-state index is 13.3. The molecule has 0 aliphatic rings. The van der Waals surface area contributed by atoms with Crippen LogP contribution in [0.4, 0.5) is 8.78 Å². The van der Waals surface area contributed by atoms with Gasteiger partial charge in [0.05, 0.1) is 0 Å². The van der Waals surface area contributed by atoms with Crippen molar-refractivity contribution in [3.8, 4) is 11.5 Å². The zero-order valence-corrected chi connectivity index (χ0v) is 11.1. The third-order valence-electron chi connectivity index (χ3n) is 2.67. The van der Waals surface area contributed by atoms with Crippen molar-refractivity contribution < 1.29 is 18.3 Å². The van der Waals surface area contributed by atoms with Gasteiger partial charge in [0, 0.05) is 11.6 Å². The van der Waals surface area contributed by atoms with Crippen LogP contribution in [-0.2, 0) is 0 Å². The first kappa shape index (κ1) is 14.8. The third kappa shape index (κ3) is 4.17. The van der Waals surface area contributed by atoms with E-state index in [2.05, 4.69) is 0 Å². The molecule has 2 aromatic rings. The minimum Gasteiger partial charge on any atom is -0.490 e. The summed E-state index contributed by atoms with van der Waals surface area (Å²) in [5.41, 5.74) is 5.94. The average molecular weight is 292 g/mol. The Balaban J connectivity index is 1.80. The molecule has 0 heterocycles. The molecular weight excluding hydrogens is 278 g/mol. The number of amidine groups is 1. The SMILES string of the molecule is N=C(N)c1ccc(OCCOc2ccc(F)cc2F)cc1. The van der Waals surface area contributed by atoms with E-state index in [1.54, 1.807) is 24.3 Å². The van der Waals surface area contributed by atoms with Crippen LogP contribution in [0.3, 0.4) is 0 Å². The van der Waals surface area contributed by atoms with Crippen LogP contribution < -0.4 is 15.2 Å². The number of hydrogen-bond acceptors (Lipinski definition) is 3. The van der Waals surface area contributed by atoms with Crippen molar-refractivity contribution in [3.63, 3.8) is 0 Å². The van der Waals surface area contributed by atoms with Crippen LogP contribution >= 0.6 is 0 Å². The lowest BCUT2D eigenvalue weighted by molar-refractivity contribution is 0.211. The molecule has 0 fully saturated rings. The van der Waals surface area contributed by atoms with E-state index in [9.17, 15) is 8.78 Å². The van der Waals surface area contributed by atoms with Crippen LogP contribution in [0, 0.1) is 17.0 Å². The average Bonchev–Trinajstić information content (AvgIpc) is 2.46. The Hall–Kier alpha value is -2.63. The minimum atomic E-state index is -0.749. The van der Waals surface area contributed by atoms with E-state index < -0.39 is 11.6 Å². The fourth-order valence-electron chi connectivity index (χ4n) is 1.63. The smallest absolute Gasteiger partial charge is 0.167 e. The second kappa shape index (κ2) is 6.69. The van der Waals surface area contributed by atoms with Crippen molar-refractivity contribution in [1.82, 2.24) is 0 Å². The summed E-state index contributed by atoms with van der Waals surface area (Å²) in [5, 5.41) is 7.26. The van der Waals surface area contributed by atoms with E-state index in [-0.39, 0.29) is 24.8 Å². The van der Waals surface area contributed by atoms with Gasteiger partial charge >= 0.3 is 0 Å². The Morgan fingerprint density at radius 1 is 1.00 bits per heavy atom. The molecule has 0 amide bonds. The molecular formula is C15H14F2N2O2. The Bertz CT molecular complexity index is 630. The second-order valence-corrected chi connectivity index (χ2v) is 4.21. The summed E-state index contributed by atoms with van der Waals surface area (Å²) in [5.74, 6) is -0.853. The first-order valence-corrected chi connectivity index (χ1v) is 6.21. The molecule has 0 aliphatic heterocycles. The number of nitrogen functional groups attached to an aromatic ring is 1. The Kier molecular flexibility index (Phi) is 4.71. The highest BCUT2D eigenvalue weighted by Crippen LogP contribution is 2.17. The van der Waals surface area contributed by atoms with Crippen LogP contribution in [0.5, 0.6) is 11.5 Å². The van der Waals surface area contributed by atoms with Crippen molar-refractivity contribution >= 4 is 5.84 Å². The van der Waals surface area contributed by atoms with E-state index in [1.165, 1.54) is 6.07 Å². The van der Waals surface area contributed by atoms with Gasteiger partial charge in [0.15, 0.2) is 11.6 Å². The topological polar surface area (TPSA) is 68.3 Å². The lowest BCUT2D eigenvalue weighted by atomic mass is 10.2. The molecule has 110 valence electrons. The lowest BCUT2D eigenvalue weighted by Gasteiger charge is -2.09. The van der Waals surface area contributed by atoms with Gasteiger partial charge in [-0.25, -0.2) is 8.78 Å². The molecule has 0 atom stereocenters. The standard InChI is InChI=1S/C15H14F2N2O2/c16-11-3-6-14(13(17)9-11)21-8-7-20-12-4-1-10(2-5-12)15(18)19/h1-6,9H,7-8H2,(H3,18,19).